The van der Waals surface area contributed by atoms with Crippen molar-refractivity contribution in [2.45, 2.75) is 57.2 Å². The molecular weight excluding hydrogens is 665 g/mol. The molecule has 1 amide bonds. The number of rotatable bonds is 13. The standard InChI is InChI=1S/C36H36N4O5S3/c1-6-44-28-18-24(14-15-27(28)45-17-16-20(2)3)30-29(31(41)33-21(4)37-22(5)47-33)32(42)34(43)40(30)35-38-39-36(48-35)46-19-25-12-9-11-23-10-7-8-13-26(23)25/h7-15,18,20,30,42H,6,16-17,19H2,1-5H3. The predicted molar refractivity (Wildman–Crippen MR) is 192 cm³/mol. The Bertz CT molecular complexity index is 2010. The molecule has 1 aliphatic rings. The van der Waals surface area contributed by atoms with Crippen LogP contribution in [0.4, 0.5) is 5.13 Å². The van der Waals surface area contributed by atoms with Crippen LogP contribution in [0.2, 0.25) is 0 Å². The Kier molecular flexibility index (Phi) is 10.1. The zero-order valence-corrected chi connectivity index (χ0v) is 29.8. The predicted octanol–water partition coefficient (Wildman–Crippen LogP) is 8.66. The number of aryl methyl sites for hydroxylation is 2. The molecule has 12 heteroatoms. The lowest BCUT2D eigenvalue weighted by atomic mass is 9.95. The van der Waals surface area contributed by atoms with Crippen LogP contribution in [0.1, 0.15) is 64.7 Å². The number of aliphatic hydroxyl groups is 1. The number of thioether (sulfide) groups is 1. The van der Waals surface area contributed by atoms with Crippen LogP contribution >= 0.6 is 34.4 Å². The number of benzene rings is 3. The number of thiazole rings is 1. The summed E-state index contributed by atoms with van der Waals surface area (Å²) in [5, 5.41) is 23.5. The fourth-order valence-corrected chi connectivity index (χ4v) is 8.36. The van der Waals surface area contributed by atoms with Gasteiger partial charge in [0.15, 0.2) is 21.6 Å². The molecule has 0 spiro atoms. The number of nitrogens with zero attached hydrogens (tertiary/aromatic N) is 4. The largest absolute Gasteiger partial charge is 0.503 e. The fraction of sp³-hybridized carbons (Fsp3) is 0.306. The summed E-state index contributed by atoms with van der Waals surface area (Å²) in [6.07, 6.45) is 0.874. The first kappa shape index (κ1) is 33.6. The molecule has 0 radical (unpaired) electrons. The molecule has 3 aromatic carbocycles. The topological polar surface area (TPSA) is 115 Å². The minimum atomic E-state index is -0.986. The Morgan fingerprint density at radius 1 is 1.02 bits per heavy atom. The van der Waals surface area contributed by atoms with E-state index in [4.69, 9.17) is 9.47 Å². The molecule has 2 aromatic heterocycles. The van der Waals surface area contributed by atoms with Crippen LogP contribution in [0.15, 0.2) is 76.3 Å². The van der Waals surface area contributed by atoms with Gasteiger partial charge in [-0.1, -0.05) is 85.5 Å². The first-order valence-electron chi connectivity index (χ1n) is 15.7. The summed E-state index contributed by atoms with van der Waals surface area (Å²) in [6, 6.07) is 18.8. The third kappa shape index (κ3) is 6.83. The Morgan fingerprint density at radius 2 is 1.81 bits per heavy atom. The smallest absolute Gasteiger partial charge is 0.296 e. The molecule has 0 saturated carbocycles. The van der Waals surface area contributed by atoms with E-state index in [1.54, 1.807) is 25.1 Å². The van der Waals surface area contributed by atoms with Crippen molar-refractivity contribution >= 4 is 62.0 Å². The van der Waals surface area contributed by atoms with Crippen LogP contribution in [0.3, 0.4) is 0 Å². The number of aromatic nitrogens is 3. The van der Waals surface area contributed by atoms with E-state index < -0.39 is 23.5 Å². The van der Waals surface area contributed by atoms with E-state index >= 15 is 0 Å². The molecule has 0 saturated heterocycles. The molecule has 5 aromatic rings. The highest BCUT2D eigenvalue weighted by Gasteiger charge is 2.47. The van der Waals surface area contributed by atoms with Gasteiger partial charge in [-0.05, 0) is 67.1 Å². The van der Waals surface area contributed by atoms with Crippen molar-refractivity contribution < 1.29 is 24.2 Å². The second-order valence-electron chi connectivity index (χ2n) is 11.8. The monoisotopic (exact) mass is 700 g/mol. The van der Waals surface area contributed by atoms with Crippen molar-refractivity contribution in [3.05, 3.63) is 98.7 Å². The van der Waals surface area contributed by atoms with Crippen molar-refractivity contribution in [3.63, 3.8) is 0 Å². The zero-order chi connectivity index (χ0) is 33.9. The molecule has 248 valence electrons. The molecule has 3 heterocycles. The lowest BCUT2D eigenvalue weighted by Crippen LogP contribution is -2.31. The molecule has 0 aliphatic carbocycles. The van der Waals surface area contributed by atoms with Gasteiger partial charge in [0.25, 0.3) is 5.91 Å². The van der Waals surface area contributed by atoms with Gasteiger partial charge in [-0.15, -0.1) is 21.5 Å². The third-order valence-electron chi connectivity index (χ3n) is 7.93. The normalized spacial score (nSPS) is 14.8. The van der Waals surface area contributed by atoms with Crippen LogP contribution in [-0.4, -0.2) is 45.2 Å². The second-order valence-corrected chi connectivity index (χ2v) is 15.1. The fourth-order valence-electron chi connectivity index (χ4n) is 5.62. The quantitative estimate of drug-likeness (QED) is 0.0732. The molecule has 0 bridgehead atoms. The van der Waals surface area contributed by atoms with Crippen LogP contribution < -0.4 is 14.4 Å². The van der Waals surface area contributed by atoms with Crippen molar-refractivity contribution in [1.29, 1.82) is 0 Å². The van der Waals surface area contributed by atoms with Crippen LogP contribution in [0.5, 0.6) is 11.5 Å². The molecule has 9 nitrogen and oxygen atoms in total. The van der Waals surface area contributed by atoms with Gasteiger partial charge >= 0.3 is 0 Å². The summed E-state index contributed by atoms with van der Waals surface area (Å²) >= 11 is 3.99. The minimum Gasteiger partial charge on any atom is -0.503 e. The summed E-state index contributed by atoms with van der Waals surface area (Å²) < 4.78 is 12.7. The molecule has 0 fully saturated rings. The highest BCUT2D eigenvalue weighted by atomic mass is 32.2. The molecule has 1 N–H and O–H groups in total. The lowest BCUT2D eigenvalue weighted by molar-refractivity contribution is -0.117. The number of Topliss-reactive ketones (excluding diaryl/α,β-unsaturated/α-hetero) is 1. The van der Waals surface area contributed by atoms with E-state index in [2.05, 4.69) is 53.3 Å². The number of anilines is 1. The van der Waals surface area contributed by atoms with E-state index in [1.807, 2.05) is 32.0 Å². The zero-order valence-electron chi connectivity index (χ0n) is 27.4. The first-order valence-corrected chi connectivity index (χ1v) is 18.4. The minimum absolute atomic E-state index is 0.0390. The first-order chi connectivity index (χ1) is 23.2. The number of aliphatic hydroxyl groups excluding tert-OH is 1. The number of carbonyl (C=O) groups excluding carboxylic acids is 2. The van der Waals surface area contributed by atoms with E-state index in [9.17, 15) is 14.7 Å². The summed E-state index contributed by atoms with van der Waals surface area (Å²) in [4.78, 5) is 34.2. The number of hydrogen-bond acceptors (Lipinski definition) is 11. The summed E-state index contributed by atoms with van der Waals surface area (Å²) in [5.74, 6) is 0.376. The second kappa shape index (κ2) is 14.5. The van der Waals surface area contributed by atoms with Crippen molar-refractivity contribution in [1.82, 2.24) is 15.2 Å². The van der Waals surface area contributed by atoms with E-state index in [-0.39, 0.29) is 10.7 Å². The number of carbonyl (C=O) groups is 2. The lowest BCUT2D eigenvalue weighted by Gasteiger charge is -2.25. The highest BCUT2D eigenvalue weighted by Crippen LogP contribution is 2.46. The maximum absolute atomic E-state index is 14.1. The molecule has 1 aliphatic heterocycles. The Balaban J connectivity index is 1.36. The van der Waals surface area contributed by atoms with Crippen LogP contribution in [0, 0.1) is 19.8 Å². The van der Waals surface area contributed by atoms with Gasteiger partial charge in [0, 0.05) is 5.75 Å². The average molecular weight is 701 g/mol. The number of ether oxygens (including phenoxy) is 2. The van der Waals surface area contributed by atoms with Gasteiger partial charge in [0.05, 0.1) is 40.4 Å². The number of ketones is 1. The summed E-state index contributed by atoms with van der Waals surface area (Å²) in [7, 11) is 0. The summed E-state index contributed by atoms with van der Waals surface area (Å²) in [5.41, 5.74) is 2.23. The number of hydrogen-bond donors (Lipinski definition) is 1. The van der Waals surface area contributed by atoms with Gasteiger partial charge in [-0.3, -0.25) is 14.5 Å². The van der Waals surface area contributed by atoms with Gasteiger partial charge in [-0.2, -0.15) is 0 Å². The number of fused-ring (bicyclic) bond motifs is 1. The number of amides is 1. The molecule has 48 heavy (non-hydrogen) atoms. The van der Waals surface area contributed by atoms with Crippen molar-refractivity contribution in [3.8, 4) is 11.5 Å². The van der Waals surface area contributed by atoms with Crippen LogP contribution in [-0.2, 0) is 10.5 Å². The van der Waals surface area contributed by atoms with Gasteiger partial charge in [-0.25, -0.2) is 4.98 Å². The Labute approximate surface area is 291 Å². The van der Waals surface area contributed by atoms with Crippen LogP contribution in [0.25, 0.3) is 10.8 Å². The SMILES string of the molecule is CCOc1cc(C2C(C(=O)c3sc(C)nc3C)=C(O)C(=O)N2c2nnc(SCc3cccc4ccccc34)s2)ccc1OCCC(C)C. The Hall–Kier alpha value is -4.26. The average Bonchev–Trinajstić information content (AvgIpc) is 3.75. The Morgan fingerprint density at radius 3 is 2.56 bits per heavy atom. The molecule has 1 atom stereocenters. The highest BCUT2D eigenvalue weighted by molar-refractivity contribution is 8.00. The van der Waals surface area contributed by atoms with E-state index in [0.29, 0.717) is 61.9 Å². The van der Waals surface area contributed by atoms with Gasteiger partial charge in [0.2, 0.25) is 10.9 Å². The van der Waals surface area contributed by atoms with Crippen molar-refractivity contribution in [2.24, 2.45) is 5.92 Å². The van der Waals surface area contributed by atoms with Gasteiger partial charge in [0.1, 0.15) is 0 Å². The van der Waals surface area contributed by atoms with E-state index in [0.717, 1.165) is 17.4 Å². The maximum Gasteiger partial charge on any atom is 0.296 e. The van der Waals surface area contributed by atoms with Gasteiger partial charge < -0.3 is 14.6 Å². The maximum atomic E-state index is 14.1. The molecule has 1 unspecified atom stereocenters. The third-order valence-corrected chi connectivity index (χ3v) is 11.1. The molecular formula is C36H36N4O5S3. The van der Waals surface area contributed by atoms with E-state index in [1.165, 1.54) is 44.7 Å². The van der Waals surface area contributed by atoms with Crippen molar-refractivity contribution in [2.75, 3.05) is 18.1 Å². The molecule has 6 rings (SSSR count). The summed E-state index contributed by atoms with van der Waals surface area (Å²) in [6.45, 7) is 10.6.